The highest BCUT2D eigenvalue weighted by Gasteiger charge is 2.17. The van der Waals surface area contributed by atoms with Crippen LogP contribution in [0.4, 0.5) is 11.5 Å². The molecule has 0 aliphatic heterocycles. The van der Waals surface area contributed by atoms with Gasteiger partial charge in [0.25, 0.3) is 0 Å². The van der Waals surface area contributed by atoms with Crippen LogP contribution in [0.15, 0.2) is 0 Å². The van der Waals surface area contributed by atoms with Crippen LogP contribution in [0.2, 0.25) is 0 Å². The quantitative estimate of drug-likeness (QED) is 0.840. The summed E-state index contributed by atoms with van der Waals surface area (Å²) in [6.45, 7) is 4.66. The van der Waals surface area contributed by atoms with E-state index in [0.29, 0.717) is 6.54 Å². The van der Waals surface area contributed by atoms with Gasteiger partial charge in [-0.2, -0.15) is 10.4 Å². The smallest absolute Gasteiger partial charge is 0.150 e. The maximum Gasteiger partial charge on any atom is 0.150 e. The fourth-order valence-electron chi connectivity index (χ4n) is 2.00. The second kappa shape index (κ2) is 5.58. The molecule has 0 aliphatic rings. The van der Waals surface area contributed by atoms with E-state index in [1.807, 2.05) is 25.9 Å². The number of hydrogen-bond donors (Lipinski definition) is 1. The van der Waals surface area contributed by atoms with Crippen molar-refractivity contribution in [2.75, 3.05) is 24.2 Å². The summed E-state index contributed by atoms with van der Waals surface area (Å²) in [7, 11) is 3.83. The lowest BCUT2D eigenvalue weighted by Gasteiger charge is -2.20. The number of anilines is 2. The third-order valence-corrected chi connectivity index (χ3v) is 2.75. The lowest BCUT2D eigenvalue weighted by molar-refractivity contribution is 0.671. The molecular formula is C12H21N5. The van der Waals surface area contributed by atoms with Crippen molar-refractivity contribution in [1.29, 1.82) is 5.26 Å². The van der Waals surface area contributed by atoms with Crippen molar-refractivity contribution < 1.29 is 0 Å². The molecule has 0 amide bonds. The minimum atomic E-state index is -0.0241. The molecule has 0 saturated heterocycles. The molecule has 0 aliphatic carbocycles. The van der Waals surface area contributed by atoms with Crippen molar-refractivity contribution in [1.82, 2.24) is 9.78 Å². The van der Waals surface area contributed by atoms with Gasteiger partial charge in [-0.15, -0.1) is 0 Å². The summed E-state index contributed by atoms with van der Waals surface area (Å²) in [5.41, 5.74) is 7.78. The van der Waals surface area contributed by atoms with E-state index in [1.54, 1.807) is 4.68 Å². The third-order valence-electron chi connectivity index (χ3n) is 2.75. The number of aryl methyl sites for hydroxylation is 2. The Bertz CT molecular complexity index is 415. The van der Waals surface area contributed by atoms with Crippen LogP contribution in [0.1, 0.15) is 26.0 Å². The fraction of sp³-hybridized carbons (Fsp3) is 0.667. The minimum absolute atomic E-state index is 0.0241. The second-order valence-corrected chi connectivity index (χ2v) is 4.47. The Hall–Kier alpha value is -1.70. The molecule has 0 aromatic carbocycles. The van der Waals surface area contributed by atoms with Crippen LogP contribution in [-0.4, -0.2) is 23.4 Å². The number of nitrogen functional groups attached to an aromatic ring is 1. The van der Waals surface area contributed by atoms with Crippen molar-refractivity contribution in [3.8, 4) is 6.07 Å². The molecule has 1 unspecified atom stereocenters. The molecular weight excluding hydrogens is 214 g/mol. The first-order valence-corrected chi connectivity index (χ1v) is 5.93. The molecule has 0 radical (unpaired) electrons. The normalized spacial score (nSPS) is 12.2. The zero-order valence-corrected chi connectivity index (χ0v) is 11.1. The molecule has 1 aromatic heterocycles. The zero-order valence-electron chi connectivity index (χ0n) is 11.1. The number of rotatable bonds is 5. The van der Waals surface area contributed by atoms with Gasteiger partial charge in [0.05, 0.1) is 23.4 Å². The monoisotopic (exact) mass is 235 g/mol. The van der Waals surface area contributed by atoms with Crippen LogP contribution in [0.3, 0.4) is 0 Å². The summed E-state index contributed by atoms with van der Waals surface area (Å²) in [4.78, 5) is 2.00. The summed E-state index contributed by atoms with van der Waals surface area (Å²) >= 11 is 0. The highest BCUT2D eigenvalue weighted by molar-refractivity contribution is 5.66. The summed E-state index contributed by atoms with van der Waals surface area (Å²) in [5.74, 6) is 0.875. The van der Waals surface area contributed by atoms with Gasteiger partial charge in [0.1, 0.15) is 5.82 Å². The van der Waals surface area contributed by atoms with Gasteiger partial charge in [-0.3, -0.25) is 4.68 Å². The van der Waals surface area contributed by atoms with Gasteiger partial charge >= 0.3 is 0 Å². The van der Waals surface area contributed by atoms with Crippen molar-refractivity contribution in [3.05, 3.63) is 5.69 Å². The maximum atomic E-state index is 8.83. The predicted molar refractivity (Wildman–Crippen MR) is 69.7 cm³/mol. The molecule has 0 saturated carbocycles. The first-order valence-electron chi connectivity index (χ1n) is 5.93. The lowest BCUT2D eigenvalue weighted by Crippen LogP contribution is -2.26. The minimum Gasteiger partial charge on any atom is -0.394 e. The van der Waals surface area contributed by atoms with E-state index in [9.17, 15) is 0 Å². The van der Waals surface area contributed by atoms with Crippen molar-refractivity contribution in [2.24, 2.45) is 13.0 Å². The Morgan fingerprint density at radius 2 is 2.24 bits per heavy atom. The van der Waals surface area contributed by atoms with E-state index in [-0.39, 0.29) is 5.92 Å². The van der Waals surface area contributed by atoms with Gasteiger partial charge in [0, 0.05) is 20.6 Å². The van der Waals surface area contributed by atoms with Crippen LogP contribution < -0.4 is 10.6 Å². The van der Waals surface area contributed by atoms with Crippen molar-refractivity contribution in [2.45, 2.75) is 26.7 Å². The summed E-state index contributed by atoms with van der Waals surface area (Å²) < 4.78 is 1.80. The first-order chi connectivity index (χ1) is 8.01. The number of aromatic nitrogens is 2. The predicted octanol–water partition coefficient (Wildman–Crippen LogP) is 1.55. The molecule has 1 aromatic rings. The van der Waals surface area contributed by atoms with E-state index in [1.165, 1.54) is 0 Å². The van der Waals surface area contributed by atoms with Crippen LogP contribution in [0, 0.1) is 17.2 Å². The molecule has 1 atom stereocenters. The fourth-order valence-corrected chi connectivity index (χ4v) is 2.00. The largest absolute Gasteiger partial charge is 0.394 e. The van der Waals surface area contributed by atoms with Gasteiger partial charge in [-0.25, -0.2) is 0 Å². The molecule has 1 rings (SSSR count). The maximum absolute atomic E-state index is 8.83. The molecule has 5 heteroatoms. The highest BCUT2D eigenvalue weighted by Crippen LogP contribution is 2.26. The van der Waals surface area contributed by atoms with E-state index >= 15 is 0 Å². The third kappa shape index (κ3) is 2.90. The van der Waals surface area contributed by atoms with Gasteiger partial charge in [-0.05, 0) is 13.3 Å². The topological polar surface area (TPSA) is 70.9 Å². The van der Waals surface area contributed by atoms with Gasteiger partial charge in [-0.1, -0.05) is 13.3 Å². The van der Waals surface area contributed by atoms with E-state index in [4.69, 9.17) is 11.0 Å². The Morgan fingerprint density at radius 3 is 2.76 bits per heavy atom. The number of nitrogens with zero attached hydrogens (tertiary/aromatic N) is 4. The van der Waals surface area contributed by atoms with Crippen LogP contribution in [0.5, 0.6) is 0 Å². The standard InChI is InChI=1S/C12H21N5/c1-5-6-10-11(14)12(17(4)15-10)16(3)8-9(2)7-13/h9H,5-6,8,14H2,1-4H3. The molecule has 94 valence electrons. The Morgan fingerprint density at radius 1 is 1.59 bits per heavy atom. The summed E-state index contributed by atoms with van der Waals surface area (Å²) in [6.07, 6.45) is 1.92. The highest BCUT2D eigenvalue weighted by atomic mass is 15.4. The molecule has 1 heterocycles. The SMILES string of the molecule is CCCc1nn(C)c(N(C)CC(C)C#N)c1N. The molecule has 0 spiro atoms. The van der Waals surface area contributed by atoms with E-state index in [0.717, 1.165) is 30.0 Å². The van der Waals surface area contributed by atoms with Crippen LogP contribution in [0.25, 0.3) is 0 Å². The molecule has 5 nitrogen and oxygen atoms in total. The van der Waals surface area contributed by atoms with Gasteiger partial charge in [0.2, 0.25) is 0 Å². The average molecular weight is 235 g/mol. The van der Waals surface area contributed by atoms with Crippen LogP contribution >= 0.6 is 0 Å². The van der Waals surface area contributed by atoms with Gasteiger partial charge < -0.3 is 10.6 Å². The number of nitrogens with two attached hydrogens (primary N) is 1. The zero-order chi connectivity index (χ0) is 13.0. The molecule has 2 N–H and O–H groups in total. The summed E-state index contributed by atoms with van der Waals surface area (Å²) in [5, 5.41) is 13.2. The molecule has 0 fully saturated rings. The molecule has 0 bridgehead atoms. The summed E-state index contributed by atoms with van der Waals surface area (Å²) in [6, 6.07) is 2.22. The number of nitriles is 1. The first kappa shape index (κ1) is 13.4. The van der Waals surface area contributed by atoms with Crippen molar-refractivity contribution >= 4 is 11.5 Å². The second-order valence-electron chi connectivity index (χ2n) is 4.47. The average Bonchev–Trinajstić information content (AvgIpc) is 2.54. The van der Waals surface area contributed by atoms with E-state index < -0.39 is 0 Å². The number of hydrogen-bond acceptors (Lipinski definition) is 4. The van der Waals surface area contributed by atoms with E-state index in [2.05, 4.69) is 18.1 Å². The Kier molecular flexibility index (Phi) is 4.38. The lowest BCUT2D eigenvalue weighted by atomic mass is 10.2. The molecule has 17 heavy (non-hydrogen) atoms. The Labute approximate surface area is 103 Å². The Balaban J connectivity index is 2.94. The van der Waals surface area contributed by atoms with Gasteiger partial charge in [0.15, 0.2) is 0 Å². The van der Waals surface area contributed by atoms with Crippen LogP contribution in [-0.2, 0) is 13.5 Å². The van der Waals surface area contributed by atoms with Crippen molar-refractivity contribution in [3.63, 3.8) is 0 Å².